The van der Waals surface area contributed by atoms with Crippen LogP contribution < -0.4 is 4.74 Å². The summed E-state index contributed by atoms with van der Waals surface area (Å²) in [5, 5.41) is 7.10. The highest BCUT2D eigenvalue weighted by Crippen LogP contribution is 2.31. The van der Waals surface area contributed by atoms with Gasteiger partial charge in [-0.05, 0) is 30.7 Å². The molecule has 0 saturated heterocycles. The normalized spacial score (nSPS) is 10.5. The molecule has 23 heavy (non-hydrogen) atoms. The van der Waals surface area contributed by atoms with Gasteiger partial charge in [0.2, 0.25) is 0 Å². The van der Waals surface area contributed by atoms with E-state index in [0.717, 1.165) is 28.1 Å². The Morgan fingerprint density at radius 1 is 1.22 bits per heavy atom. The number of methoxy groups -OCH3 is 1. The van der Waals surface area contributed by atoms with Crippen molar-refractivity contribution in [2.75, 3.05) is 13.7 Å². The molecular weight excluding hydrogens is 294 g/mol. The summed E-state index contributed by atoms with van der Waals surface area (Å²) in [6.07, 6.45) is 3.51. The maximum atomic E-state index is 11.8. The number of hydrogen-bond donors (Lipinski definition) is 2. The van der Waals surface area contributed by atoms with Crippen molar-refractivity contribution >= 4 is 5.97 Å². The standard InChI is InChI=1S/C17H17N3O3/c1-3-23-17(21)15-8-12(9-18-15)16-14(10-19-20-16)11-4-6-13(22-2)7-5-11/h4-10,18H,3H2,1-2H3,(H,19,20). The molecule has 6 heteroatoms. The smallest absolute Gasteiger partial charge is 0.354 e. The maximum absolute atomic E-state index is 11.8. The average Bonchev–Trinajstić information content (AvgIpc) is 3.24. The van der Waals surface area contributed by atoms with E-state index in [-0.39, 0.29) is 5.97 Å². The Morgan fingerprint density at radius 2 is 2.00 bits per heavy atom. The van der Waals surface area contributed by atoms with E-state index in [1.165, 1.54) is 0 Å². The van der Waals surface area contributed by atoms with E-state index < -0.39 is 0 Å². The van der Waals surface area contributed by atoms with Crippen LogP contribution in [0.1, 0.15) is 17.4 Å². The van der Waals surface area contributed by atoms with E-state index in [9.17, 15) is 4.79 Å². The van der Waals surface area contributed by atoms with Crippen molar-refractivity contribution in [2.24, 2.45) is 0 Å². The number of ether oxygens (including phenoxy) is 2. The Labute approximate surface area is 133 Å². The molecule has 3 rings (SSSR count). The first kappa shape index (κ1) is 14.9. The van der Waals surface area contributed by atoms with Gasteiger partial charge in [0.25, 0.3) is 0 Å². The predicted octanol–water partition coefficient (Wildman–Crippen LogP) is 3.26. The third-order valence-corrected chi connectivity index (χ3v) is 3.51. The fraction of sp³-hybridized carbons (Fsp3) is 0.176. The van der Waals surface area contributed by atoms with Crippen LogP contribution in [-0.2, 0) is 4.74 Å². The third kappa shape index (κ3) is 2.96. The summed E-state index contributed by atoms with van der Waals surface area (Å²) in [7, 11) is 1.63. The number of nitrogens with zero attached hydrogens (tertiary/aromatic N) is 1. The van der Waals surface area contributed by atoms with E-state index >= 15 is 0 Å². The second-order valence-corrected chi connectivity index (χ2v) is 4.91. The summed E-state index contributed by atoms with van der Waals surface area (Å²) < 4.78 is 10.2. The lowest BCUT2D eigenvalue weighted by atomic mass is 10.0. The van der Waals surface area contributed by atoms with Gasteiger partial charge in [-0.3, -0.25) is 5.10 Å². The largest absolute Gasteiger partial charge is 0.497 e. The number of esters is 1. The quantitative estimate of drug-likeness (QED) is 0.709. The summed E-state index contributed by atoms with van der Waals surface area (Å²) in [6, 6.07) is 9.47. The lowest BCUT2D eigenvalue weighted by Crippen LogP contribution is -2.04. The number of rotatable bonds is 5. The number of benzene rings is 1. The van der Waals surface area contributed by atoms with Gasteiger partial charge in [-0.2, -0.15) is 5.10 Å². The summed E-state index contributed by atoms with van der Waals surface area (Å²) in [6.45, 7) is 2.12. The molecule has 6 nitrogen and oxygen atoms in total. The van der Waals surface area contributed by atoms with E-state index in [4.69, 9.17) is 9.47 Å². The van der Waals surface area contributed by atoms with Crippen molar-refractivity contribution in [1.29, 1.82) is 0 Å². The van der Waals surface area contributed by atoms with Gasteiger partial charge in [0.1, 0.15) is 11.4 Å². The number of hydrogen-bond acceptors (Lipinski definition) is 4. The van der Waals surface area contributed by atoms with Gasteiger partial charge in [0, 0.05) is 17.3 Å². The van der Waals surface area contributed by atoms with Gasteiger partial charge >= 0.3 is 5.97 Å². The molecule has 0 radical (unpaired) electrons. The molecule has 0 saturated carbocycles. The van der Waals surface area contributed by atoms with E-state index in [2.05, 4.69) is 15.2 Å². The second-order valence-electron chi connectivity index (χ2n) is 4.91. The zero-order valence-corrected chi connectivity index (χ0v) is 12.9. The van der Waals surface area contributed by atoms with Crippen molar-refractivity contribution in [1.82, 2.24) is 15.2 Å². The van der Waals surface area contributed by atoms with E-state index in [1.807, 2.05) is 24.3 Å². The molecule has 0 bridgehead atoms. The molecule has 2 aromatic heterocycles. The van der Waals surface area contributed by atoms with Crippen LogP contribution in [0, 0.1) is 0 Å². The molecule has 118 valence electrons. The minimum atomic E-state index is -0.371. The van der Waals surface area contributed by atoms with Crippen LogP contribution in [-0.4, -0.2) is 34.9 Å². The highest BCUT2D eigenvalue weighted by molar-refractivity contribution is 5.90. The first-order valence-electron chi connectivity index (χ1n) is 7.26. The molecule has 2 heterocycles. The molecule has 1 aromatic carbocycles. The molecule has 0 aliphatic rings. The molecule has 0 aliphatic heterocycles. The summed E-state index contributed by atoms with van der Waals surface area (Å²) >= 11 is 0. The molecule has 0 fully saturated rings. The van der Waals surface area contributed by atoms with Crippen molar-refractivity contribution in [3.05, 3.63) is 48.4 Å². The zero-order chi connectivity index (χ0) is 16.2. The van der Waals surface area contributed by atoms with Gasteiger partial charge in [-0.15, -0.1) is 0 Å². The zero-order valence-electron chi connectivity index (χ0n) is 12.9. The Hall–Kier alpha value is -3.02. The highest BCUT2D eigenvalue weighted by Gasteiger charge is 2.15. The number of aromatic nitrogens is 3. The molecule has 0 atom stereocenters. The van der Waals surface area contributed by atoms with Crippen molar-refractivity contribution in [3.63, 3.8) is 0 Å². The fourth-order valence-corrected chi connectivity index (χ4v) is 2.36. The lowest BCUT2D eigenvalue weighted by Gasteiger charge is -2.03. The van der Waals surface area contributed by atoms with Gasteiger partial charge in [-0.25, -0.2) is 4.79 Å². The summed E-state index contributed by atoms with van der Waals surface area (Å²) in [4.78, 5) is 14.7. The molecule has 0 spiro atoms. The highest BCUT2D eigenvalue weighted by atomic mass is 16.5. The first-order chi connectivity index (χ1) is 11.2. The maximum Gasteiger partial charge on any atom is 0.354 e. The SMILES string of the molecule is CCOC(=O)c1cc(-c2[nH]ncc2-c2ccc(OC)cc2)c[nH]1. The second kappa shape index (κ2) is 6.39. The van der Waals surface area contributed by atoms with Crippen LogP contribution in [0.2, 0.25) is 0 Å². The number of H-pyrrole nitrogens is 2. The minimum Gasteiger partial charge on any atom is -0.497 e. The molecule has 0 aliphatic carbocycles. The molecular formula is C17H17N3O3. The van der Waals surface area contributed by atoms with Gasteiger partial charge in [0.05, 0.1) is 25.6 Å². The van der Waals surface area contributed by atoms with Crippen LogP contribution in [0.4, 0.5) is 0 Å². The molecule has 0 unspecified atom stereocenters. The van der Waals surface area contributed by atoms with Crippen LogP contribution in [0.15, 0.2) is 42.7 Å². The van der Waals surface area contributed by atoms with Crippen molar-refractivity contribution in [2.45, 2.75) is 6.92 Å². The van der Waals surface area contributed by atoms with Crippen molar-refractivity contribution < 1.29 is 14.3 Å². The van der Waals surface area contributed by atoms with Gasteiger partial charge in [0.15, 0.2) is 0 Å². The Kier molecular flexibility index (Phi) is 4.14. The average molecular weight is 311 g/mol. The summed E-state index contributed by atoms with van der Waals surface area (Å²) in [5.41, 5.74) is 4.05. The number of aromatic amines is 2. The number of carbonyl (C=O) groups excluding carboxylic acids is 1. The number of carbonyl (C=O) groups is 1. The van der Waals surface area contributed by atoms with E-state index in [0.29, 0.717) is 12.3 Å². The molecule has 2 N–H and O–H groups in total. The fourth-order valence-electron chi connectivity index (χ4n) is 2.36. The van der Waals surface area contributed by atoms with Gasteiger partial charge < -0.3 is 14.5 Å². The lowest BCUT2D eigenvalue weighted by molar-refractivity contribution is 0.0520. The Balaban J connectivity index is 1.93. The van der Waals surface area contributed by atoms with Crippen LogP contribution >= 0.6 is 0 Å². The van der Waals surface area contributed by atoms with Crippen molar-refractivity contribution in [3.8, 4) is 28.1 Å². The Bertz CT molecular complexity index is 803. The monoisotopic (exact) mass is 311 g/mol. The number of nitrogens with one attached hydrogen (secondary N) is 2. The van der Waals surface area contributed by atoms with Crippen LogP contribution in [0.5, 0.6) is 5.75 Å². The van der Waals surface area contributed by atoms with E-state index in [1.54, 1.807) is 32.5 Å². The van der Waals surface area contributed by atoms with Crippen LogP contribution in [0.3, 0.4) is 0 Å². The van der Waals surface area contributed by atoms with Crippen LogP contribution in [0.25, 0.3) is 22.4 Å². The molecule has 0 amide bonds. The minimum absolute atomic E-state index is 0.342. The first-order valence-corrected chi connectivity index (χ1v) is 7.26. The Morgan fingerprint density at radius 3 is 2.70 bits per heavy atom. The van der Waals surface area contributed by atoms with Gasteiger partial charge in [-0.1, -0.05) is 12.1 Å². The topological polar surface area (TPSA) is 80.0 Å². The third-order valence-electron chi connectivity index (χ3n) is 3.51. The summed E-state index contributed by atoms with van der Waals surface area (Å²) in [5.74, 6) is 0.425. The molecule has 3 aromatic rings. The predicted molar refractivity (Wildman–Crippen MR) is 86.3 cm³/mol.